The van der Waals surface area contributed by atoms with Gasteiger partial charge in [0.25, 0.3) is 5.91 Å². The first-order chi connectivity index (χ1) is 13.9. The zero-order valence-electron chi connectivity index (χ0n) is 17.2. The van der Waals surface area contributed by atoms with Gasteiger partial charge >= 0.3 is 0 Å². The van der Waals surface area contributed by atoms with E-state index in [-0.39, 0.29) is 11.3 Å². The molecular formula is C23H25N3O2S. The normalized spacial score (nSPS) is 13.2. The second kappa shape index (κ2) is 7.59. The standard InChI is InChI=1S/C23H25N3O2S/c1-23(2,3)16-7-5-15(6-8-16)22(27)24-21-19-13-29-14-20(19)25-26(21)17-9-11-18(28-4)12-10-17/h5-12H,13-14H2,1-4H3,(H,24,27). The third kappa shape index (κ3) is 3.90. The summed E-state index contributed by atoms with van der Waals surface area (Å²) >= 11 is 1.81. The predicted octanol–water partition coefficient (Wildman–Crippen LogP) is 5.18. The zero-order chi connectivity index (χ0) is 20.6. The van der Waals surface area contributed by atoms with Gasteiger partial charge in [-0.25, -0.2) is 4.68 Å². The van der Waals surface area contributed by atoms with E-state index in [1.807, 2.05) is 65.0 Å². The largest absolute Gasteiger partial charge is 0.497 e. The van der Waals surface area contributed by atoms with Crippen molar-refractivity contribution in [3.05, 3.63) is 70.9 Å². The molecule has 0 saturated heterocycles. The Kier molecular flexibility index (Phi) is 5.13. The number of nitrogens with one attached hydrogen (secondary N) is 1. The number of thioether (sulfide) groups is 1. The molecule has 6 heteroatoms. The number of benzene rings is 2. The number of aromatic nitrogens is 2. The van der Waals surface area contributed by atoms with Crippen molar-refractivity contribution in [2.75, 3.05) is 12.4 Å². The number of methoxy groups -OCH3 is 1. The number of amides is 1. The van der Waals surface area contributed by atoms with E-state index in [2.05, 4.69) is 26.1 Å². The lowest BCUT2D eigenvalue weighted by molar-refractivity contribution is 0.102. The number of rotatable bonds is 4. The molecule has 2 heterocycles. The van der Waals surface area contributed by atoms with Crippen molar-refractivity contribution in [1.82, 2.24) is 9.78 Å². The maximum atomic E-state index is 13.0. The number of anilines is 1. The highest BCUT2D eigenvalue weighted by molar-refractivity contribution is 7.98. The first-order valence-electron chi connectivity index (χ1n) is 9.61. The van der Waals surface area contributed by atoms with E-state index in [4.69, 9.17) is 9.84 Å². The summed E-state index contributed by atoms with van der Waals surface area (Å²) in [4.78, 5) is 13.0. The van der Waals surface area contributed by atoms with Crippen LogP contribution in [0.4, 0.5) is 5.82 Å². The number of hydrogen-bond donors (Lipinski definition) is 1. The van der Waals surface area contributed by atoms with E-state index in [1.165, 1.54) is 5.56 Å². The number of carbonyl (C=O) groups excluding carboxylic acids is 1. The van der Waals surface area contributed by atoms with Crippen LogP contribution in [0.1, 0.15) is 48.0 Å². The molecule has 1 amide bonds. The minimum atomic E-state index is -0.125. The van der Waals surface area contributed by atoms with Crippen molar-refractivity contribution in [2.45, 2.75) is 37.7 Å². The van der Waals surface area contributed by atoms with Crippen molar-refractivity contribution in [1.29, 1.82) is 0 Å². The maximum absolute atomic E-state index is 13.0. The fourth-order valence-electron chi connectivity index (χ4n) is 3.35. The van der Waals surface area contributed by atoms with Gasteiger partial charge < -0.3 is 10.1 Å². The molecule has 1 aliphatic rings. The lowest BCUT2D eigenvalue weighted by Crippen LogP contribution is -2.17. The lowest BCUT2D eigenvalue weighted by atomic mass is 9.87. The summed E-state index contributed by atoms with van der Waals surface area (Å²) < 4.78 is 7.07. The first kappa shape index (κ1) is 19.6. The quantitative estimate of drug-likeness (QED) is 0.648. The molecule has 3 aromatic rings. The zero-order valence-corrected chi connectivity index (χ0v) is 18.0. The van der Waals surface area contributed by atoms with Gasteiger partial charge in [-0.15, -0.1) is 0 Å². The minimum absolute atomic E-state index is 0.0556. The highest BCUT2D eigenvalue weighted by Gasteiger charge is 2.25. The first-order valence-corrected chi connectivity index (χ1v) is 10.8. The summed E-state index contributed by atoms with van der Waals surface area (Å²) in [6.07, 6.45) is 0. The molecule has 5 nitrogen and oxygen atoms in total. The van der Waals surface area contributed by atoms with E-state index in [0.717, 1.165) is 40.0 Å². The van der Waals surface area contributed by atoms with Crippen LogP contribution in [0, 0.1) is 0 Å². The smallest absolute Gasteiger partial charge is 0.256 e. The van der Waals surface area contributed by atoms with Crippen LogP contribution in [0.3, 0.4) is 0 Å². The fourth-order valence-corrected chi connectivity index (χ4v) is 4.39. The Morgan fingerprint density at radius 2 is 1.76 bits per heavy atom. The molecule has 0 unspecified atom stereocenters. The van der Waals surface area contributed by atoms with E-state index in [1.54, 1.807) is 7.11 Å². The van der Waals surface area contributed by atoms with Crippen molar-refractivity contribution < 1.29 is 9.53 Å². The summed E-state index contributed by atoms with van der Waals surface area (Å²) in [7, 11) is 1.64. The van der Waals surface area contributed by atoms with E-state index < -0.39 is 0 Å². The number of carbonyl (C=O) groups is 1. The third-order valence-corrected chi connectivity index (χ3v) is 6.08. The Bertz CT molecular complexity index is 1030. The van der Waals surface area contributed by atoms with Gasteiger partial charge in [-0.3, -0.25) is 4.79 Å². The number of hydrogen-bond acceptors (Lipinski definition) is 4. The number of ether oxygens (including phenoxy) is 1. The average molecular weight is 408 g/mol. The van der Waals surface area contributed by atoms with Crippen molar-refractivity contribution in [3.63, 3.8) is 0 Å². The van der Waals surface area contributed by atoms with Gasteiger partial charge in [0.15, 0.2) is 0 Å². The van der Waals surface area contributed by atoms with Crippen molar-refractivity contribution in [3.8, 4) is 11.4 Å². The Morgan fingerprint density at radius 3 is 2.38 bits per heavy atom. The SMILES string of the molecule is COc1ccc(-n2nc3c(c2NC(=O)c2ccc(C(C)(C)C)cc2)CSC3)cc1. The van der Waals surface area contributed by atoms with Gasteiger partial charge in [-0.1, -0.05) is 32.9 Å². The molecule has 0 spiro atoms. The molecule has 1 aliphatic heterocycles. The summed E-state index contributed by atoms with van der Waals surface area (Å²) in [6.45, 7) is 6.49. The van der Waals surface area contributed by atoms with Gasteiger partial charge in [0.05, 0.1) is 18.5 Å². The van der Waals surface area contributed by atoms with E-state index in [9.17, 15) is 4.79 Å². The third-order valence-electron chi connectivity index (χ3n) is 5.11. The maximum Gasteiger partial charge on any atom is 0.256 e. The van der Waals surface area contributed by atoms with Gasteiger partial charge in [-0.05, 0) is 47.4 Å². The highest BCUT2D eigenvalue weighted by atomic mass is 32.2. The van der Waals surface area contributed by atoms with Gasteiger partial charge in [0.1, 0.15) is 11.6 Å². The lowest BCUT2D eigenvalue weighted by Gasteiger charge is -2.19. The summed E-state index contributed by atoms with van der Waals surface area (Å²) in [5.41, 5.74) is 4.92. The molecular weight excluding hydrogens is 382 g/mol. The average Bonchev–Trinajstić information content (AvgIpc) is 3.30. The molecule has 4 rings (SSSR count). The summed E-state index contributed by atoms with van der Waals surface area (Å²) in [6, 6.07) is 15.5. The highest BCUT2D eigenvalue weighted by Crippen LogP contribution is 2.36. The van der Waals surface area contributed by atoms with Crippen molar-refractivity contribution >= 4 is 23.5 Å². The molecule has 2 aromatic carbocycles. The Balaban J connectivity index is 1.65. The van der Waals surface area contributed by atoms with Crippen LogP contribution in [0.2, 0.25) is 0 Å². The molecule has 0 aliphatic carbocycles. The predicted molar refractivity (Wildman–Crippen MR) is 118 cm³/mol. The molecule has 0 radical (unpaired) electrons. The summed E-state index contributed by atoms with van der Waals surface area (Å²) in [5.74, 6) is 3.12. The Morgan fingerprint density at radius 1 is 1.07 bits per heavy atom. The van der Waals surface area contributed by atoms with Gasteiger partial charge in [0.2, 0.25) is 0 Å². The van der Waals surface area contributed by atoms with Gasteiger partial charge in [-0.2, -0.15) is 16.9 Å². The fraction of sp³-hybridized carbons (Fsp3) is 0.304. The van der Waals surface area contributed by atoms with Gasteiger partial charge in [0, 0.05) is 22.6 Å². The van der Waals surface area contributed by atoms with E-state index >= 15 is 0 Å². The molecule has 0 bridgehead atoms. The van der Waals surface area contributed by atoms with E-state index in [0.29, 0.717) is 5.56 Å². The van der Waals surface area contributed by atoms with Crippen LogP contribution in [-0.2, 0) is 16.9 Å². The van der Waals surface area contributed by atoms with Crippen molar-refractivity contribution in [2.24, 2.45) is 0 Å². The van der Waals surface area contributed by atoms with Crippen LogP contribution in [-0.4, -0.2) is 22.8 Å². The Hall–Kier alpha value is -2.73. The van der Waals surface area contributed by atoms with Crippen LogP contribution in [0.15, 0.2) is 48.5 Å². The van der Waals surface area contributed by atoms with Crippen LogP contribution in [0.25, 0.3) is 5.69 Å². The monoisotopic (exact) mass is 407 g/mol. The van der Waals surface area contributed by atoms with Crippen LogP contribution < -0.4 is 10.1 Å². The molecule has 0 saturated carbocycles. The van der Waals surface area contributed by atoms with Crippen LogP contribution >= 0.6 is 11.8 Å². The number of nitrogens with zero attached hydrogens (tertiary/aromatic N) is 2. The second-order valence-electron chi connectivity index (χ2n) is 8.16. The molecule has 0 atom stereocenters. The van der Waals surface area contributed by atoms with Crippen LogP contribution in [0.5, 0.6) is 5.75 Å². The molecule has 29 heavy (non-hydrogen) atoms. The summed E-state index contributed by atoms with van der Waals surface area (Å²) in [5, 5.41) is 7.86. The molecule has 1 aromatic heterocycles. The number of fused-ring (bicyclic) bond motifs is 1. The Labute approximate surface area is 175 Å². The topological polar surface area (TPSA) is 56.1 Å². The molecule has 0 fully saturated rings. The minimum Gasteiger partial charge on any atom is -0.497 e. The second-order valence-corrected chi connectivity index (χ2v) is 9.14. The molecule has 1 N–H and O–H groups in total. The molecule has 150 valence electrons.